The molecule has 0 bridgehead atoms. The number of halogens is 6. The summed E-state index contributed by atoms with van der Waals surface area (Å²) < 4.78 is 119. The topological polar surface area (TPSA) is 376 Å². The molecule has 1 unspecified atom stereocenters. The number of amides is 6. The molecule has 2 aliphatic carbocycles. The number of hydrogen-bond acceptors (Lipinski definition) is 20. The maximum Gasteiger partial charge on any atom is 0.414 e. The van der Waals surface area contributed by atoms with Crippen molar-refractivity contribution in [3.8, 4) is 16.9 Å². The zero-order valence-corrected chi connectivity index (χ0v) is 65.3. The van der Waals surface area contributed by atoms with Crippen LogP contribution in [0, 0.1) is 34.9 Å². The van der Waals surface area contributed by atoms with E-state index in [-0.39, 0.29) is 139 Å². The lowest BCUT2D eigenvalue weighted by Crippen LogP contribution is -2.47. The van der Waals surface area contributed by atoms with Gasteiger partial charge in [-0.2, -0.15) is 0 Å². The van der Waals surface area contributed by atoms with E-state index in [1.165, 1.54) is 84.4 Å². The average Bonchev–Trinajstić information content (AvgIpc) is 1.19. The van der Waals surface area contributed by atoms with Crippen molar-refractivity contribution in [3.63, 3.8) is 0 Å². The van der Waals surface area contributed by atoms with Gasteiger partial charge >= 0.3 is 36.2 Å². The number of pyridine rings is 3. The van der Waals surface area contributed by atoms with Crippen molar-refractivity contribution in [2.75, 3.05) is 133 Å². The molecule has 3 aromatic heterocycles. The fourth-order valence-corrected chi connectivity index (χ4v) is 15.8. The van der Waals surface area contributed by atoms with Gasteiger partial charge < -0.3 is 83.5 Å². The normalized spacial score (nSPS) is 18.6. The molecule has 9 aromatic rings. The van der Waals surface area contributed by atoms with Gasteiger partial charge in [0.2, 0.25) is 34.0 Å². The molecule has 2 saturated carbocycles. The van der Waals surface area contributed by atoms with E-state index in [9.17, 15) is 72.9 Å². The van der Waals surface area contributed by atoms with Gasteiger partial charge in [0.1, 0.15) is 76.4 Å². The summed E-state index contributed by atoms with van der Waals surface area (Å²) in [6.45, 7) is 9.82. The zero-order chi connectivity index (χ0) is 86.0. The number of anilines is 7. The Balaban J connectivity index is 0.000000149. The predicted molar refractivity (Wildman–Crippen MR) is 435 cm³/mol. The van der Waals surface area contributed by atoms with Crippen molar-refractivity contribution in [2.45, 2.75) is 97.2 Å². The van der Waals surface area contributed by atoms with Crippen LogP contribution in [0.2, 0.25) is 0 Å². The second-order valence-corrected chi connectivity index (χ2v) is 30.5. The second-order valence-electron chi connectivity index (χ2n) is 30.5. The smallest absolute Gasteiger partial charge is 0.414 e. The van der Waals surface area contributed by atoms with Crippen molar-refractivity contribution in [3.05, 3.63) is 186 Å². The number of fused-ring (bicyclic) bond motifs is 2. The van der Waals surface area contributed by atoms with E-state index in [0.717, 1.165) is 49.9 Å². The van der Waals surface area contributed by atoms with Crippen molar-refractivity contribution in [1.82, 2.24) is 29.7 Å². The molecule has 5 saturated heterocycles. The first-order chi connectivity index (χ1) is 57.8. The quantitative estimate of drug-likeness (QED) is 0.0324. The van der Waals surface area contributed by atoms with Crippen LogP contribution < -0.4 is 71.3 Å². The number of ether oxygens (including phenoxy) is 4. The standard InChI is InChI=1S/C29H29F2N5O7.C29H29F2N5O6.C25H21F2N3O6.CH4/c1-15-14-42-27-24-19(26(38)20(28(39)40)13-35(15)24)10-22(31)25(27)34-7-5-33(6-8-34)23-4-3-17(9-21(23)30)36-12-18(43-29(36)41)11-32-16(2)37;1-16(37)32-13-19-14-36(29(41)42-19)18-4-5-24(22(30)10-18)33-6-8-34(9-7-33)26-12-25-20(11-23(26)31)27(38)21(28(39)40)15-35(25)17-2-3-17;1-12(31)28-9-15-10-30(25(35)36-15)14-4-5-16(20(26)6-14)17-8-22-18(7-21(17)27)23(32)19(24(33)34)11-29(22)13-2-3-13;/h3-4,9-10,13,15,18H,5-8,11-12,14H2,1-2H3,(H,32,37)(H,39,40);4-5,10-12,15,17,19H,2-3,6-9,13-14H2,1H3,(H,32,37)(H,39,40);4-8,11,13,15H,2-3,9-10H2,1H3,(H,28,31)(H,33,34);1H4/t15?,18-;19-;15-;/m000./s1. The number of cyclic esters (lactones) is 3. The van der Waals surface area contributed by atoms with Gasteiger partial charge in [-0.3, -0.25) is 43.5 Å². The minimum Gasteiger partial charge on any atom is -0.487 e. The summed E-state index contributed by atoms with van der Waals surface area (Å²) in [4.78, 5) is 155. The van der Waals surface area contributed by atoms with Crippen LogP contribution >= 0.6 is 0 Å². The van der Waals surface area contributed by atoms with E-state index in [4.69, 9.17) is 18.9 Å². The first-order valence-corrected chi connectivity index (χ1v) is 38.8. The molecule has 6 aliphatic heterocycles. The summed E-state index contributed by atoms with van der Waals surface area (Å²) in [5.74, 6) is -8.77. The molecule has 7 fully saturated rings. The Bertz CT molecular complexity index is 6020. The number of nitrogens with zero attached hydrogens (tertiary/aromatic N) is 10. The molecular formula is C84H83F6N13O19. The van der Waals surface area contributed by atoms with E-state index in [1.54, 1.807) is 48.9 Å². The Kier molecular flexibility index (Phi) is 23.7. The minimum atomic E-state index is -1.40. The Hall–Kier alpha value is -13.8. The zero-order valence-electron chi connectivity index (χ0n) is 65.3. The fraction of sp³-hybridized carbons (Fsp3) is 0.357. The molecule has 8 aliphatic rings. The largest absolute Gasteiger partial charge is 0.487 e. The third-order valence-electron chi connectivity index (χ3n) is 22.2. The van der Waals surface area contributed by atoms with Crippen molar-refractivity contribution < 1.29 is 104 Å². The van der Waals surface area contributed by atoms with Gasteiger partial charge in [0.05, 0.1) is 101 Å². The Labute approximate surface area is 689 Å². The molecule has 6 aromatic carbocycles. The first-order valence-electron chi connectivity index (χ1n) is 38.8. The number of aromatic carboxylic acids is 3. The molecule has 0 spiro atoms. The maximum atomic E-state index is 15.6. The van der Waals surface area contributed by atoms with Crippen LogP contribution in [-0.2, 0) is 28.6 Å². The highest BCUT2D eigenvalue weighted by Gasteiger charge is 2.39. The Morgan fingerprint density at radius 1 is 0.418 bits per heavy atom. The van der Waals surface area contributed by atoms with E-state index < -0.39 is 117 Å². The second kappa shape index (κ2) is 34.1. The third kappa shape index (κ3) is 17.0. The van der Waals surface area contributed by atoms with Crippen molar-refractivity contribution in [1.29, 1.82) is 0 Å². The number of carbonyl (C=O) groups is 9. The van der Waals surface area contributed by atoms with Crippen LogP contribution in [-0.4, -0.2) is 199 Å². The summed E-state index contributed by atoms with van der Waals surface area (Å²) in [5.41, 5.74) is -0.581. The van der Waals surface area contributed by atoms with Gasteiger partial charge in [-0.1, -0.05) is 7.43 Å². The van der Waals surface area contributed by atoms with Crippen LogP contribution in [0.5, 0.6) is 5.75 Å². The van der Waals surface area contributed by atoms with Crippen molar-refractivity contribution >= 4 is 126 Å². The van der Waals surface area contributed by atoms with Crippen LogP contribution in [0.3, 0.4) is 0 Å². The highest BCUT2D eigenvalue weighted by molar-refractivity contribution is 5.99. The van der Waals surface area contributed by atoms with Crippen LogP contribution in [0.15, 0.2) is 118 Å². The predicted octanol–water partition coefficient (Wildman–Crippen LogP) is 9.90. The SMILES string of the molecule is C.CC(=O)NC[C@H]1CN(c2ccc(-c3cc4c(cc3F)c(=O)c(C(=O)O)cn4C3CC3)c(F)c2)C(=O)O1.CC(=O)NC[C@H]1CN(c2ccc(N3CCN(c4c(F)cc5c(=O)c(C(=O)O)cn6c5c4OCC6C)CC3)c(F)c2)C(=O)O1.CC(=O)NC[C@H]1CN(c2ccc(N3CCN(c4cc5c(cc4F)c(=O)c(C(=O)O)cn5C4CC4)CC3)c(F)c2)C(=O)O1. The maximum absolute atomic E-state index is 15.6. The number of carboxylic acid groups (broad SMARTS) is 3. The van der Waals surface area contributed by atoms with E-state index >= 15 is 26.3 Å². The summed E-state index contributed by atoms with van der Waals surface area (Å²) in [6.07, 6.45) is 3.52. The van der Waals surface area contributed by atoms with Gasteiger partial charge in [-0.05, 0) is 118 Å². The first kappa shape index (κ1) is 84.6. The van der Waals surface area contributed by atoms with Crippen molar-refractivity contribution in [2.24, 2.45) is 0 Å². The number of nitrogens with one attached hydrogen (secondary N) is 3. The number of carbonyl (C=O) groups excluding carboxylic acids is 6. The molecule has 9 heterocycles. The third-order valence-corrected chi connectivity index (χ3v) is 22.2. The lowest BCUT2D eigenvalue weighted by atomic mass is 10.0. The number of benzene rings is 6. The Morgan fingerprint density at radius 2 is 0.770 bits per heavy atom. The van der Waals surface area contributed by atoms with Crippen LogP contribution in [0.1, 0.15) is 110 Å². The van der Waals surface area contributed by atoms with E-state index in [2.05, 4.69) is 16.0 Å². The van der Waals surface area contributed by atoms with Gasteiger partial charge in [-0.15, -0.1) is 0 Å². The van der Waals surface area contributed by atoms with Crippen LogP contribution in [0.25, 0.3) is 43.8 Å². The Morgan fingerprint density at radius 3 is 1.17 bits per heavy atom. The molecule has 32 nitrogen and oxygen atoms in total. The minimum absolute atomic E-state index is 0. The molecule has 0 radical (unpaired) electrons. The molecular weight excluding hydrogens is 1610 g/mol. The highest BCUT2D eigenvalue weighted by atomic mass is 19.1. The number of carboxylic acids is 3. The van der Waals surface area contributed by atoms with Gasteiger partial charge in [0.25, 0.3) is 0 Å². The number of hydrogen-bond donors (Lipinski definition) is 6. The summed E-state index contributed by atoms with van der Waals surface area (Å²) in [7, 11) is 0. The number of piperazine rings is 2. The lowest BCUT2D eigenvalue weighted by molar-refractivity contribution is -0.120. The summed E-state index contributed by atoms with van der Waals surface area (Å²) in [6, 6.07) is 18.7. The van der Waals surface area contributed by atoms with Gasteiger partial charge in [0.15, 0.2) is 11.6 Å². The van der Waals surface area contributed by atoms with E-state index in [1.807, 2.05) is 21.6 Å². The van der Waals surface area contributed by atoms with Gasteiger partial charge in [0, 0.05) is 126 Å². The summed E-state index contributed by atoms with van der Waals surface area (Å²) in [5, 5.41) is 36.0. The molecule has 640 valence electrons. The fourth-order valence-electron chi connectivity index (χ4n) is 15.8. The molecule has 122 heavy (non-hydrogen) atoms. The molecule has 6 amide bonds. The van der Waals surface area contributed by atoms with Crippen LogP contribution in [0.4, 0.5) is 80.5 Å². The highest BCUT2D eigenvalue weighted by Crippen LogP contribution is 2.45. The molecule has 38 heteroatoms. The number of aromatic nitrogens is 3. The monoisotopic (exact) mass is 1690 g/mol. The lowest BCUT2D eigenvalue weighted by Gasteiger charge is -2.39. The molecule has 4 atom stereocenters. The summed E-state index contributed by atoms with van der Waals surface area (Å²) >= 11 is 0. The molecule has 17 rings (SSSR count). The molecule has 6 N–H and O–H groups in total. The van der Waals surface area contributed by atoms with E-state index in [0.29, 0.717) is 97.3 Å². The number of rotatable bonds is 19. The average molecular weight is 1690 g/mol. The van der Waals surface area contributed by atoms with Gasteiger partial charge in [-0.25, -0.2) is 55.1 Å².